The van der Waals surface area contributed by atoms with Crippen LogP contribution >= 0.6 is 11.6 Å². The highest BCUT2D eigenvalue weighted by Gasteiger charge is 2.18. The molecule has 0 aliphatic carbocycles. The molecule has 2 aromatic rings. The number of amides is 3. The number of nitrogens with zero attached hydrogens (tertiary/aromatic N) is 2. The van der Waals surface area contributed by atoms with Gasteiger partial charge in [-0.15, -0.1) is 0 Å². The maximum Gasteiger partial charge on any atom is 0.315 e. The summed E-state index contributed by atoms with van der Waals surface area (Å²) in [6.07, 6.45) is 1.53. The maximum absolute atomic E-state index is 12.3. The Kier molecular flexibility index (Phi) is 6.78. The van der Waals surface area contributed by atoms with Crippen LogP contribution in [0.2, 0.25) is 5.02 Å². The predicted molar refractivity (Wildman–Crippen MR) is 109 cm³/mol. The van der Waals surface area contributed by atoms with Crippen LogP contribution in [0.5, 0.6) is 0 Å². The summed E-state index contributed by atoms with van der Waals surface area (Å²) in [5, 5.41) is 8.53. The van der Waals surface area contributed by atoms with Gasteiger partial charge in [0.1, 0.15) is 5.76 Å². The molecule has 28 heavy (non-hydrogen) atoms. The lowest BCUT2D eigenvalue weighted by Crippen LogP contribution is -2.45. The van der Waals surface area contributed by atoms with E-state index in [1.807, 2.05) is 12.1 Å². The number of likely N-dealkylation sites (N-methyl/N-ethyl adjacent to an activating group) is 1. The number of benzene rings is 1. The topological polar surface area (TPSA) is 89.9 Å². The van der Waals surface area contributed by atoms with E-state index in [0.29, 0.717) is 16.5 Å². The Morgan fingerprint density at radius 1 is 1.14 bits per heavy atom. The van der Waals surface area contributed by atoms with E-state index in [4.69, 9.17) is 16.0 Å². The van der Waals surface area contributed by atoms with E-state index in [-0.39, 0.29) is 19.0 Å². The molecule has 3 N–H and O–H groups in total. The van der Waals surface area contributed by atoms with Gasteiger partial charge in [0.05, 0.1) is 30.7 Å². The first kappa shape index (κ1) is 20.0. The van der Waals surface area contributed by atoms with Crippen molar-refractivity contribution < 1.29 is 14.0 Å². The van der Waals surface area contributed by atoms with Gasteiger partial charge in [0.25, 0.3) is 0 Å². The van der Waals surface area contributed by atoms with Crippen molar-refractivity contribution in [3.05, 3.63) is 47.4 Å². The molecule has 0 unspecified atom stereocenters. The average molecular weight is 406 g/mol. The summed E-state index contributed by atoms with van der Waals surface area (Å²) in [5.41, 5.74) is 1.56. The van der Waals surface area contributed by atoms with Crippen molar-refractivity contribution in [1.29, 1.82) is 0 Å². The molecule has 0 spiro atoms. The second-order valence-corrected chi connectivity index (χ2v) is 7.05. The number of hydrogen-bond acceptors (Lipinski definition) is 5. The van der Waals surface area contributed by atoms with Crippen molar-refractivity contribution in [1.82, 2.24) is 15.5 Å². The van der Waals surface area contributed by atoms with Crippen LogP contribution in [0.1, 0.15) is 5.76 Å². The minimum Gasteiger partial charge on any atom is -0.467 e. The number of halogens is 1. The zero-order chi connectivity index (χ0) is 19.9. The first-order valence-corrected chi connectivity index (χ1v) is 9.46. The molecule has 0 bridgehead atoms. The Bertz CT molecular complexity index is 804. The molecule has 3 rings (SSSR count). The number of nitrogens with one attached hydrogen (secondary N) is 3. The number of furan rings is 1. The molecular weight excluding hydrogens is 382 g/mol. The first-order valence-electron chi connectivity index (χ1n) is 9.08. The molecule has 1 saturated heterocycles. The van der Waals surface area contributed by atoms with Gasteiger partial charge in [0.2, 0.25) is 5.91 Å². The SMILES string of the molecule is CN1CCN(c2ccc(Cl)cc2NC(=O)CNC(=O)NCc2ccco2)CC1. The molecule has 150 valence electrons. The fraction of sp³-hybridized carbons (Fsp3) is 0.368. The number of urea groups is 1. The van der Waals surface area contributed by atoms with Gasteiger partial charge in [0.15, 0.2) is 0 Å². The maximum atomic E-state index is 12.3. The highest BCUT2D eigenvalue weighted by atomic mass is 35.5. The van der Waals surface area contributed by atoms with Crippen LogP contribution in [-0.4, -0.2) is 56.6 Å². The number of piperazine rings is 1. The van der Waals surface area contributed by atoms with Crippen LogP contribution in [0.3, 0.4) is 0 Å². The normalized spacial score (nSPS) is 14.6. The number of hydrogen-bond donors (Lipinski definition) is 3. The third kappa shape index (κ3) is 5.64. The van der Waals surface area contributed by atoms with E-state index in [9.17, 15) is 9.59 Å². The van der Waals surface area contributed by atoms with Crippen molar-refractivity contribution in [3.8, 4) is 0 Å². The zero-order valence-electron chi connectivity index (χ0n) is 15.7. The zero-order valence-corrected chi connectivity index (χ0v) is 16.5. The van der Waals surface area contributed by atoms with Crippen molar-refractivity contribution in [2.75, 3.05) is 50.0 Å². The molecular formula is C19H24ClN5O3. The highest BCUT2D eigenvalue weighted by Crippen LogP contribution is 2.29. The summed E-state index contributed by atoms with van der Waals surface area (Å²) in [5.74, 6) is 0.307. The van der Waals surface area contributed by atoms with Crippen LogP contribution < -0.4 is 20.9 Å². The lowest BCUT2D eigenvalue weighted by Gasteiger charge is -2.35. The third-order valence-corrected chi connectivity index (χ3v) is 4.72. The van der Waals surface area contributed by atoms with E-state index >= 15 is 0 Å². The number of anilines is 2. The second kappa shape index (κ2) is 9.48. The predicted octanol–water partition coefficient (Wildman–Crippen LogP) is 2.12. The molecule has 1 aliphatic rings. The standard InChI is InChI=1S/C19H24ClN5O3/c1-24-6-8-25(9-7-24)17-5-4-14(20)11-16(17)23-18(26)13-22-19(27)21-12-15-3-2-10-28-15/h2-5,10-11H,6-9,12-13H2,1H3,(H,23,26)(H2,21,22,27). The Labute approximate surface area is 168 Å². The van der Waals surface area contributed by atoms with Crippen molar-refractivity contribution in [2.24, 2.45) is 0 Å². The summed E-state index contributed by atoms with van der Waals surface area (Å²) >= 11 is 6.11. The summed E-state index contributed by atoms with van der Waals surface area (Å²) in [6.45, 7) is 3.74. The molecule has 0 saturated carbocycles. The smallest absolute Gasteiger partial charge is 0.315 e. The largest absolute Gasteiger partial charge is 0.467 e. The van der Waals surface area contributed by atoms with Gasteiger partial charge in [-0.1, -0.05) is 11.6 Å². The molecule has 1 aromatic carbocycles. The van der Waals surface area contributed by atoms with Gasteiger partial charge < -0.3 is 30.2 Å². The van der Waals surface area contributed by atoms with E-state index in [1.54, 1.807) is 18.2 Å². The third-order valence-electron chi connectivity index (χ3n) is 4.49. The Morgan fingerprint density at radius 3 is 2.64 bits per heavy atom. The molecule has 1 fully saturated rings. The molecule has 1 aliphatic heterocycles. The first-order chi connectivity index (χ1) is 13.5. The fourth-order valence-corrected chi connectivity index (χ4v) is 3.10. The Balaban J connectivity index is 1.53. The summed E-state index contributed by atoms with van der Waals surface area (Å²) in [4.78, 5) is 28.6. The molecule has 3 amide bonds. The molecule has 8 nitrogen and oxygen atoms in total. The van der Waals surface area contributed by atoms with Gasteiger partial charge in [-0.3, -0.25) is 4.79 Å². The van der Waals surface area contributed by atoms with Crippen molar-refractivity contribution >= 4 is 34.9 Å². The minimum absolute atomic E-state index is 0.154. The lowest BCUT2D eigenvalue weighted by molar-refractivity contribution is -0.115. The van der Waals surface area contributed by atoms with E-state index in [0.717, 1.165) is 31.9 Å². The quantitative estimate of drug-likeness (QED) is 0.685. The number of carbonyl (C=O) groups is 2. The van der Waals surface area contributed by atoms with Gasteiger partial charge in [-0.2, -0.15) is 0 Å². The van der Waals surface area contributed by atoms with Crippen LogP contribution in [0.4, 0.5) is 16.2 Å². The molecule has 0 atom stereocenters. The van der Waals surface area contributed by atoms with Crippen LogP contribution in [0.15, 0.2) is 41.0 Å². The monoisotopic (exact) mass is 405 g/mol. The summed E-state index contributed by atoms with van der Waals surface area (Å²) < 4.78 is 5.14. The van der Waals surface area contributed by atoms with Gasteiger partial charge in [0, 0.05) is 31.2 Å². The number of carbonyl (C=O) groups excluding carboxylic acids is 2. The highest BCUT2D eigenvalue weighted by molar-refractivity contribution is 6.31. The van der Waals surface area contributed by atoms with Crippen molar-refractivity contribution in [3.63, 3.8) is 0 Å². The summed E-state index contributed by atoms with van der Waals surface area (Å²) in [7, 11) is 2.09. The molecule has 9 heteroatoms. The Hall–Kier alpha value is -2.71. The minimum atomic E-state index is -0.447. The van der Waals surface area contributed by atoms with E-state index in [2.05, 4.69) is 32.8 Å². The van der Waals surface area contributed by atoms with E-state index in [1.165, 1.54) is 6.26 Å². The molecule has 0 radical (unpaired) electrons. The van der Waals surface area contributed by atoms with Crippen molar-refractivity contribution in [2.45, 2.75) is 6.54 Å². The fourth-order valence-electron chi connectivity index (χ4n) is 2.93. The molecule has 2 heterocycles. The average Bonchev–Trinajstić information content (AvgIpc) is 3.19. The summed E-state index contributed by atoms with van der Waals surface area (Å²) in [6, 6.07) is 8.50. The van der Waals surface area contributed by atoms with Gasteiger partial charge in [-0.05, 0) is 37.4 Å². The Morgan fingerprint density at radius 2 is 1.93 bits per heavy atom. The molecule has 1 aromatic heterocycles. The van der Waals surface area contributed by atoms with Gasteiger partial charge in [-0.25, -0.2) is 4.79 Å². The second-order valence-electron chi connectivity index (χ2n) is 6.62. The lowest BCUT2D eigenvalue weighted by atomic mass is 10.2. The van der Waals surface area contributed by atoms with Gasteiger partial charge >= 0.3 is 6.03 Å². The van der Waals surface area contributed by atoms with Crippen LogP contribution in [-0.2, 0) is 11.3 Å². The van der Waals surface area contributed by atoms with Crippen LogP contribution in [0.25, 0.3) is 0 Å². The number of rotatable bonds is 6. The van der Waals surface area contributed by atoms with Crippen LogP contribution in [0, 0.1) is 0 Å². The van der Waals surface area contributed by atoms with E-state index < -0.39 is 6.03 Å².